The van der Waals surface area contributed by atoms with Gasteiger partial charge in [-0.3, -0.25) is 0 Å². The van der Waals surface area contributed by atoms with Gasteiger partial charge in [-0.15, -0.1) is 10.2 Å². The number of H-pyrrole nitrogens is 1. The van der Waals surface area contributed by atoms with E-state index in [-0.39, 0.29) is 0 Å². The predicted molar refractivity (Wildman–Crippen MR) is 125 cm³/mol. The Morgan fingerprint density at radius 2 is 1.79 bits per heavy atom. The number of aromatic amines is 1. The van der Waals surface area contributed by atoms with Gasteiger partial charge in [0, 0.05) is 25.7 Å². The van der Waals surface area contributed by atoms with Crippen molar-refractivity contribution in [3.05, 3.63) is 60.4 Å². The zero-order valence-corrected chi connectivity index (χ0v) is 18.5. The van der Waals surface area contributed by atoms with Gasteiger partial charge in [0.15, 0.2) is 11.6 Å². The number of anilines is 1. The van der Waals surface area contributed by atoms with E-state index in [0.717, 1.165) is 54.0 Å². The molecule has 2 aromatic carbocycles. The van der Waals surface area contributed by atoms with Gasteiger partial charge in [0.25, 0.3) is 0 Å². The summed E-state index contributed by atoms with van der Waals surface area (Å²) in [6.45, 7) is 3.80. The molecule has 0 aliphatic rings. The summed E-state index contributed by atoms with van der Waals surface area (Å²) in [7, 11) is 1.87. The lowest BCUT2D eigenvalue weighted by Crippen LogP contribution is -2.25. The Bertz CT molecular complexity index is 1340. The number of tetrazole rings is 1. The smallest absolute Gasteiger partial charge is 0.207 e. The number of benzene rings is 2. The fourth-order valence-electron chi connectivity index (χ4n) is 3.94. The van der Waals surface area contributed by atoms with Crippen LogP contribution in [0.5, 0.6) is 0 Å². The topological polar surface area (TPSA) is 114 Å². The zero-order valence-electron chi connectivity index (χ0n) is 18.5. The first kappa shape index (κ1) is 20.7. The molecule has 33 heavy (non-hydrogen) atoms. The molecular weight excluding hydrogens is 416 g/mol. The molecule has 0 spiro atoms. The lowest BCUT2D eigenvalue weighted by Gasteiger charge is -2.24. The Hall–Kier alpha value is -4.21. The summed E-state index contributed by atoms with van der Waals surface area (Å²) in [5, 5.41) is 22.6. The van der Waals surface area contributed by atoms with Crippen molar-refractivity contribution in [2.24, 2.45) is 7.05 Å². The van der Waals surface area contributed by atoms with Crippen LogP contribution in [0.1, 0.15) is 25.3 Å². The van der Waals surface area contributed by atoms with E-state index in [4.69, 9.17) is 0 Å². The molecule has 0 aliphatic heterocycles. The first-order valence-electron chi connectivity index (χ1n) is 10.9. The zero-order chi connectivity index (χ0) is 22.6. The quantitative estimate of drug-likeness (QED) is 0.390. The number of aryl methyl sites for hydroxylation is 1. The van der Waals surface area contributed by atoms with E-state index in [1.54, 1.807) is 11.0 Å². The molecule has 10 nitrogen and oxygen atoms in total. The van der Waals surface area contributed by atoms with Crippen molar-refractivity contribution in [2.75, 3.05) is 11.4 Å². The van der Waals surface area contributed by atoms with E-state index in [2.05, 4.69) is 83.1 Å². The average molecular weight is 441 g/mol. The molecule has 5 rings (SSSR count). The summed E-state index contributed by atoms with van der Waals surface area (Å²) >= 11 is 0. The first-order chi connectivity index (χ1) is 16.2. The van der Waals surface area contributed by atoms with Gasteiger partial charge in [-0.1, -0.05) is 67.1 Å². The van der Waals surface area contributed by atoms with Crippen molar-refractivity contribution in [1.29, 1.82) is 0 Å². The molecule has 3 heterocycles. The van der Waals surface area contributed by atoms with E-state index in [9.17, 15) is 0 Å². The number of hydrogen-bond donors (Lipinski definition) is 1. The minimum absolute atomic E-state index is 0.609. The van der Waals surface area contributed by atoms with Crippen LogP contribution < -0.4 is 4.90 Å². The largest absolute Gasteiger partial charge is 0.350 e. The van der Waals surface area contributed by atoms with Gasteiger partial charge in [0.05, 0.1) is 0 Å². The summed E-state index contributed by atoms with van der Waals surface area (Å²) in [5.74, 6) is 1.51. The second-order valence-electron chi connectivity index (χ2n) is 7.85. The molecule has 0 bridgehead atoms. The van der Waals surface area contributed by atoms with E-state index in [0.29, 0.717) is 11.5 Å². The molecule has 166 valence electrons. The van der Waals surface area contributed by atoms with Gasteiger partial charge in [-0.25, -0.2) is 19.7 Å². The van der Waals surface area contributed by atoms with Crippen molar-refractivity contribution in [2.45, 2.75) is 26.3 Å². The molecule has 3 aromatic heterocycles. The fourth-order valence-corrected chi connectivity index (χ4v) is 3.94. The van der Waals surface area contributed by atoms with E-state index in [1.807, 2.05) is 25.2 Å². The number of nitrogens with one attached hydrogen (secondary N) is 1. The normalized spacial score (nSPS) is 11.2. The van der Waals surface area contributed by atoms with Crippen LogP contribution in [0, 0.1) is 0 Å². The van der Waals surface area contributed by atoms with Crippen LogP contribution in [-0.2, 0) is 13.6 Å². The van der Waals surface area contributed by atoms with Crippen LogP contribution in [0.2, 0.25) is 0 Å². The standard InChI is InChI=1S/C23H24N10/c1-3-4-13-33(23-20-22(24-15-25-23)28-31-32(20)2)14-16-9-11-17(12-10-16)18-7-5-6-8-19(18)21-26-29-30-27-21/h5-12,15H,3-4,13-14H2,1-2H3,(H,26,27,29,30). The molecule has 0 atom stereocenters. The summed E-state index contributed by atoms with van der Waals surface area (Å²) in [6, 6.07) is 16.7. The molecule has 0 amide bonds. The second-order valence-corrected chi connectivity index (χ2v) is 7.85. The third-order valence-electron chi connectivity index (χ3n) is 5.63. The number of unbranched alkanes of at least 4 members (excludes halogenated alkanes) is 1. The number of hydrogen-bond acceptors (Lipinski definition) is 8. The number of fused-ring (bicyclic) bond motifs is 1. The minimum atomic E-state index is 0.609. The molecular formula is C23H24N10. The maximum absolute atomic E-state index is 4.59. The van der Waals surface area contributed by atoms with Crippen LogP contribution in [0.25, 0.3) is 33.7 Å². The van der Waals surface area contributed by atoms with Gasteiger partial charge in [-0.05, 0) is 33.5 Å². The highest BCUT2D eigenvalue weighted by Crippen LogP contribution is 2.30. The Morgan fingerprint density at radius 1 is 0.970 bits per heavy atom. The molecule has 1 N–H and O–H groups in total. The molecule has 10 heteroatoms. The number of nitrogens with zero attached hydrogens (tertiary/aromatic N) is 9. The molecule has 0 saturated carbocycles. The van der Waals surface area contributed by atoms with Gasteiger partial charge >= 0.3 is 0 Å². The van der Waals surface area contributed by atoms with E-state index < -0.39 is 0 Å². The predicted octanol–water partition coefficient (Wildman–Crippen LogP) is 3.41. The molecule has 0 fully saturated rings. The highest BCUT2D eigenvalue weighted by molar-refractivity contribution is 5.83. The molecule has 0 saturated heterocycles. The molecule has 5 aromatic rings. The van der Waals surface area contributed by atoms with Crippen LogP contribution in [0.15, 0.2) is 54.9 Å². The van der Waals surface area contributed by atoms with Gasteiger partial charge < -0.3 is 4.90 Å². The second kappa shape index (κ2) is 9.11. The summed E-state index contributed by atoms with van der Waals surface area (Å²) in [6.07, 6.45) is 3.72. The SMILES string of the molecule is CCCCN(Cc1ccc(-c2ccccc2-c2nnn[nH]2)cc1)c1ncnc2nnn(C)c12. The Labute approximate surface area is 190 Å². The highest BCUT2D eigenvalue weighted by Gasteiger charge is 2.17. The highest BCUT2D eigenvalue weighted by atomic mass is 15.5. The lowest BCUT2D eigenvalue weighted by atomic mass is 9.98. The van der Waals surface area contributed by atoms with Crippen LogP contribution >= 0.6 is 0 Å². The van der Waals surface area contributed by atoms with Crippen LogP contribution in [-0.4, -0.2) is 52.1 Å². The third-order valence-corrected chi connectivity index (χ3v) is 5.63. The van der Waals surface area contributed by atoms with E-state index >= 15 is 0 Å². The lowest BCUT2D eigenvalue weighted by molar-refractivity contribution is 0.700. The third kappa shape index (κ3) is 4.14. The number of rotatable bonds is 8. The van der Waals surface area contributed by atoms with Crippen LogP contribution in [0.3, 0.4) is 0 Å². The maximum atomic E-state index is 4.59. The van der Waals surface area contributed by atoms with Crippen molar-refractivity contribution in [3.63, 3.8) is 0 Å². The monoisotopic (exact) mass is 440 g/mol. The van der Waals surface area contributed by atoms with Crippen LogP contribution in [0.4, 0.5) is 5.82 Å². The first-order valence-corrected chi connectivity index (χ1v) is 10.9. The van der Waals surface area contributed by atoms with Gasteiger partial charge in [0.2, 0.25) is 5.65 Å². The Kier molecular flexibility index (Phi) is 5.71. The summed E-state index contributed by atoms with van der Waals surface area (Å²) in [4.78, 5) is 11.1. The Balaban J connectivity index is 1.45. The number of aromatic nitrogens is 9. The molecule has 0 radical (unpaired) electrons. The van der Waals surface area contributed by atoms with E-state index in [1.165, 1.54) is 5.56 Å². The molecule has 0 aliphatic carbocycles. The molecule has 0 unspecified atom stereocenters. The van der Waals surface area contributed by atoms with Crippen molar-refractivity contribution in [3.8, 4) is 22.5 Å². The van der Waals surface area contributed by atoms with Crippen molar-refractivity contribution in [1.82, 2.24) is 45.6 Å². The average Bonchev–Trinajstić information content (AvgIpc) is 3.53. The summed E-state index contributed by atoms with van der Waals surface area (Å²) in [5.41, 5.74) is 5.79. The summed E-state index contributed by atoms with van der Waals surface area (Å²) < 4.78 is 1.74. The van der Waals surface area contributed by atoms with Gasteiger partial charge in [-0.2, -0.15) is 0 Å². The van der Waals surface area contributed by atoms with Crippen molar-refractivity contribution < 1.29 is 0 Å². The maximum Gasteiger partial charge on any atom is 0.207 e. The Morgan fingerprint density at radius 3 is 2.55 bits per heavy atom. The fraction of sp³-hybridized carbons (Fsp3) is 0.261. The van der Waals surface area contributed by atoms with Gasteiger partial charge in [0.1, 0.15) is 11.8 Å². The minimum Gasteiger partial charge on any atom is -0.350 e. The van der Waals surface area contributed by atoms with Crippen molar-refractivity contribution >= 4 is 17.0 Å².